The predicted octanol–water partition coefficient (Wildman–Crippen LogP) is 3.08. The van der Waals surface area contributed by atoms with Crippen LogP contribution in [0.15, 0.2) is 60.0 Å². The molecule has 1 amide bonds. The first-order valence-electron chi connectivity index (χ1n) is 9.49. The molecule has 10 nitrogen and oxygen atoms in total. The number of carboxylic acid groups (broad SMARTS) is 1. The molecule has 2 heterocycles. The van der Waals surface area contributed by atoms with Gasteiger partial charge in [0, 0.05) is 42.9 Å². The van der Waals surface area contributed by atoms with Crippen LogP contribution in [0, 0.1) is 10.1 Å². The third-order valence-electron chi connectivity index (χ3n) is 4.99. The Labute approximate surface area is 176 Å². The fourth-order valence-corrected chi connectivity index (χ4v) is 3.49. The molecule has 1 unspecified atom stereocenters. The molecule has 4 rings (SSSR count). The maximum absolute atomic E-state index is 12.8. The summed E-state index contributed by atoms with van der Waals surface area (Å²) in [5, 5.41) is 25.8. The lowest BCUT2D eigenvalue weighted by atomic mass is 9.97. The number of hydrogen-bond acceptors (Lipinski definition) is 7. The number of rotatable bonds is 6. The van der Waals surface area contributed by atoms with E-state index in [1.807, 2.05) is 12.1 Å². The number of non-ortho nitro benzene ring substituents is 1. The quantitative estimate of drug-likeness (QED) is 0.478. The summed E-state index contributed by atoms with van der Waals surface area (Å²) in [6.07, 6.45) is 2.97. The van der Waals surface area contributed by atoms with E-state index in [2.05, 4.69) is 15.1 Å². The molecule has 0 bridgehead atoms. The van der Waals surface area contributed by atoms with Gasteiger partial charge in [0.25, 0.3) is 5.69 Å². The highest BCUT2D eigenvalue weighted by molar-refractivity contribution is 6.03. The minimum atomic E-state index is -1.08. The van der Waals surface area contributed by atoms with Gasteiger partial charge in [-0.1, -0.05) is 18.2 Å². The molecule has 1 aliphatic rings. The largest absolute Gasteiger partial charge is 0.481 e. The molecular weight excluding hydrogens is 402 g/mol. The number of nitrogens with zero attached hydrogens (tertiary/aromatic N) is 5. The van der Waals surface area contributed by atoms with Crippen LogP contribution in [-0.2, 0) is 9.59 Å². The first-order chi connectivity index (χ1) is 14.9. The van der Waals surface area contributed by atoms with Gasteiger partial charge in [0.05, 0.1) is 34.1 Å². The Balaban J connectivity index is 1.71. The van der Waals surface area contributed by atoms with Crippen molar-refractivity contribution in [2.75, 3.05) is 0 Å². The van der Waals surface area contributed by atoms with Crippen LogP contribution in [0.3, 0.4) is 0 Å². The predicted molar refractivity (Wildman–Crippen MR) is 110 cm³/mol. The van der Waals surface area contributed by atoms with E-state index >= 15 is 0 Å². The molecule has 0 aliphatic carbocycles. The van der Waals surface area contributed by atoms with Crippen LogP contribution in [0.4, 0.5) is 5.69 Å². The first kappa shape index (κ1) is 20.1. The van der Waals surface area contributed by atoms with E-state index in [0.29, 0.717) is 28.7 Å². The van der Waals surface area contributed by atoms with Crippen molar-refractivity contribution in [2.24, 2.45) is 5.10 Å². The molecule has 3 aromatic rings. The van der Waals surface area contributed by atoms with Gasteiger partial charge < -0.3 is 5.11 Å². The van der Waals surface area contributed by atoms with Crippen LogP contribution in [0.5, 0.6) is 0 Å². The van der Waals surface area contributed by atoms with Crippen molar-refractivity contribution in [3.05, 3.63) is 76.1 Å². The van der Waals surface area contributed by atoms with E-state index in [4.69, 9.17) is 5.11 Å². The van der Waals surface area contributed by atoms with Crippen molar-refractivity contribution in [1.29, 1.82) is 0 Å². The van der Waals surface area contributed by atoms with E-state index < -0.39 is 22.8 Å². The van der Waals surface area contributed by atoms with Crippen LogP contribution in [0.1, 0.15) is 36.4 Å². The number of aliphatic carboxylic acids is 1. The molecule has 1 atom stereocenters. The summed E-state index contributed by atoms with van der Waals surface area (Å²) in [7, 11) is 0. The van der Waals surface area contributed by atoms with Gasteiger partial charge in [0.1, 0.15) is 0 Å². The Kier molecular flexibility index (Phi) is 5.35. The van der Waals surface area contributed by atoms with Gasteiger partial charge >= 0.3 is 5.97 Å². The van der Waals surface area contributed by atoms with Crippen molar-refractivity contribution in [2.45, 2.75) is 25.3 Å². The normalized spacial score (nSPS) is 15.7. The number of hydrogen-bond donors (Lipinski definition) is 1. The fraction of sp³-hybridized carbons (Fsp3) is 0.190. The molecule has 1 aromatic heterocycles. The third kappa shape index (κ3) is 4.22. The molecule has 31 heavy (non-hydrogen) atoms. The number of nitro benzene ring substituents is 1. The second-order valence-electron chi connectivity index (χ2n) is 7.01. The molecule has 156 valence electrons. The number of aromatic nitrogens is 2. The average molecular weight is 419 g/mol. The van der Waals surface area contributed by atoms with Gasteiger partial charge in [-0.3, -0.25) is 29.7 Å². The third-order valence-corrected chi connectivity index (χ3v) is 4.99. The van der Waals surface area contributed by atoms with Gasteiger partial charge in [-0.15, -0.1) is 0 Å². The number of fused-ring (bicyclic) bond motifs is 1. The highest BCUT2D eigenvalue weighted by Crippen LogP contribution is 2.34. The molecule has 0 saturated carbocycles. The first-order valence-corrected chi connectivity index (χ1v) is 9.49. The number of benzene rings is 2. The van der Waals surface area contributed by atoms with E-state index in [-0.39, 0.29) is 18.5 Å². The summed E-state index contributed by atoms with van der Waals surface area (Å²) in [6.45, 7) is 0. The van der Waals surface area contributed by atoms with Gasteiger partial charge in [-0.25, -0.2) is 5.01 Å². The Morgan fingerprint density at radius 1 is 1.10 bits per heavy atom. The van der Waals surface area contributed by atoms with Crippen molar-refractivity contribution in [1.82, 2.24) is 15.0 Å². The Hall–Kier alpha value is -4.21. The Morgan fingerprint density at radius 3 is 2.61 bits per heavy atom. The van der Waals surface area contributed by atoms with Crippen LogP contribution in [0.25, 0.3) is 11.0 Å². The van der Waals surface area contributed by atoms with Crippen molar-refractivity contribution < 1.29 is 19.6 Å². The molecule has 0 spiro atoms. The molecule has 0 fully saturated rings. The second-order valence-corrected chi connectivity index (χ2v) is 7.01. The van der Waals surface area contributed by atoms with E-state index in [9.17, 15) is 19.7 Å². The maximum Gasteiger partial charge on any atom is 0.303 e. The zero-order valence-electron chi connectivity index (χ0n) is 16.2. The smallest absolute Gasteiger partial charge is 0.303 e. The number of nitro groups is 1. The average Bonchev–Trinajstić information content (AvgIpc) is 3.23. The van der Waals surface area contributed by atoms with Gasteiger partial charge in [-0.05, 0) is 17.7 Å². The van der Waals surface area contributed by atoms with E-state index in [1.165, 1.54) is 17.1 Å². The summed E-state index contributed by atoms with van der Waals surface area (Å²) in [5.74, 6) is -1.51. The summed E-state index contributed by atoms with van der Waals surface area (Å²) < 4.78 is 0. The number of amides is 1. The molecule has 0 saturated heterocycles. The fourth-order valence-electron chi connectivity index (χ4n) is 3.49. The molecular formula is C21H17N5O5. The summed E-state index contributed by atoms with van der Waals surface area (Å²) in [6, 6.07) is 11.0. The molecule has 10 heteroatoms. The van der Waals surface area contributed by atoms with Crippen molar-refractivity contribution in [3.8, 4) is 0 Å². The minimum absolute atomic E-state index is 0.0756. The Bertz CT molecular complexity index is 1230. The zero-order chi connectivity index (χ0) is 22.0. The van der Waals surface area contributed by atoms with Gasteiger partial charge in [0.2, 0.25) is 5.91 Å². The second kappa shape index (κ2) is 8.27. The zero-order valence-corrected chi connectivity index (χ0v) is 16.2. The minimum Gasteiger partial charge on any atom is -0.481 e. The lowest BCUT2D eigenvalue weighted by Crippen LogP contribution is -2.27. The summed E-state index contributed by atoms with van der Waals surface area (Å²) in [5.41, 5.74) is 3.09. The van der Waals surface area contributed by atoms with Crippen molar-refractivity contribution in [3.63, 3.8) is 0 Å². The van der Waals surface area contributed by atoms with Crippen LogP contribution in [0.2, 0.25) is 0 Å². The lowest BCUT2D eigenvalue weighted by Gasteiger charge is -2.22. The van der Waals surface area contributed by atoms with Gasteiger partial charge in [0.15, 0.2) is 0 Å². The van der Waals surface area contributed by atoms with Crippen molar-refractivity contribution >= 4 is 34.3 Å². The van der Waals surface area contributed by atoms with Crippen LogP contribution in [-0.4, -0.2) is 42.6 Å². The molecule has 0 radical (unpaired) electrons. The number of carbonyl (C=O) groups excluding carboxylic acids is 1. The topological polar surface area (TPSA) is 139 Å². The van der Waals surface area contributed by atoms with Crippen LogP contribution >= 0.6 is 0 Å². The van der Waals surface area contributed by atoms with E-state index in [0.717, 1.165) is 5.56 Å². The monoisotopic (exact) mass is 419 g/mol. The lowest BCUT2D eigenvalue weighted by molar-refractivity contribution is -0.384. The summed E-state index contributed by atoms with van der Waals surface area (Å²) in [4.78, 5) is 42.9. The highest BCUT2D eigenvalue weighted by Gasteiger charge is 2.33. The standard InChI is InChI=1S/C21H17N5O5/c27-20(6-7-21(28)29)25-19(14-4-5-16-18(11-14)23-9-8-22-16)12-17(24-25)13-2-1-3-15(10-13)26(30)31/h1-5,8-11,19H,6-7,12H2,(H,28,29). The maximum atomic E-state index is 12.8. The van der Waals surface area contributed by atoms with E-state index in [1.54, 1.807) is 30.6 Å². The number of carbonyl (C=O) groups is 2. The SMILES string of the molecule is O=C(O)CCC(=O)N1N=C(c2cccc([N+](=O)[O-])c2)CC1c1ccc2nccnc2c1. The molecule has 2 aromatic carbocycles. The van der Waals surface area contributed by atoms with Crippen LogP contribution < -0.4 is 0 Å². The number of hydrazone groups is 1. The molecule has 1 aliphatic heterocycles. The Morgan fingerprint density at radius 2 is 1.87 bits per heavy atom. The highest BCUT2D eigenvalue weighted by atomic mass is 16.6. The summed E-state index contributed by atoms with van der Waals surface area (Å²) >= 11 is 0. The number of carboxylic acids is 1. The van der Waals surface area contributed by atoms with Gasteiger partial charge in [-0.2, -0.15) is 5.10 Å². The molecule has 1 N–H and O–H groups in total.